The third-order valence-electron chi connectivity index (χ3n) is 5.21. The molecule has 0 aromatic heterocycles. The average Bonchev–Trinajstić information content (AvgIpc) is 3.23. The van der Waals surface area contributed by atoms with Crippen molar-refractivity contribution >= 4 is 30.7 Å². The predicted molar refractivity (Wildman–Crippen MR) is 91.8 cm³/mol. The van der Waals surface area contributed by atoms with Crippen LogP contribution in [0.3, 0.4) is 0 Å². The molecule has 1 saturated carbocycles. The van der Waals surface area contributed by atoms with Gasteiger partial charge in [0, 0.05) is 45.4 Å². The van der Waals surface area contributed by atoms with Crippen molar-refractivity contribution in [3.8, 4) is 0 Å². The molecule has 2 atom stereocenters. The van der Waals surface area contributed by atoms with Gasteiger partial charge >= 0.3 is 0 Å². The summed E-state index contributed by atoms with van der Waals surface area (Å²) in [6.07, 6.45) is 5.61. The Hall–Kier alpha value is -0.0700. The molecule has 130 valence electrons. The number of rotatable bonds is 4. The first-order valence-corrected chi connectivity index (χ1v) is 8.01. The number of likely N-dealkylation sites (N-methyl/N-ethyl adjacent to an activating group) is 1. The zero-order chi connectivity index (χ0) is 14.1. The molecule has 5 nitrogen and oxygen atoms in total. The molecule has 3 rings (SSSR count). The lowest BCUT2D eigenvalue weighted by Gasteiger charge is -2.32. The Bertz CT molecular complexity index is 363. The van der Waals surface area contributed by atoms with E-state index in [1.165, 1.54) is 12.8 Å². The molecule has 2 N–H and O–H groups in total. The maximum absolute atomic E-state index is 12.6. The molecule has 3 aliphatic rings. The zero-order valence-electron chi connectivity index (χ0n) is 13.3. The Morgan fingerprint density at radius 1 is 1.18 bits per heavy atom. The molecule has 2 saturated heterocycles. The van der Waals surface area contributed by atoms with E-state index in [1.54, 1.807) is 0 Å². The molecular formula is C15H29Cl2N3O2. The summed E-state index contributed by atoms with van der Waals surface area (Å²) in [5, 5.41) is 0. The SMILES string of the molecule is CN(C(=O)C(N)C1CCOCC1)C1CCN(C2CC2)C1.Cl.Cl. The molecule has 1 amide bonds. The lowest BCUT2D eigenvalue weighted by Crippen LogP contribution is -2.51. The van der Waals surface area contributed by atoms with Gasteiger partial charge in [-0.15, -0.1) is 24.8 Å². The maximum atomic E-state index is 12.6. The lowest BCUT2D eigenvalue weighted by molar-refractivity contribution is -0.135. The fourth-order valence-corrected chi connectivity index (χ4v) is 3.55. The maximum Gasteiger partial charge on any atom is 0.239 e. The smallest absolute Gasteiger partial charge is 0.239 e. The van der Waals surface area contributed by atoms with E-state index in [-0.39, 0.29) is 36.8 Å². The summed E-state index contributed by atoms with van der Waals surface area (Å²) in [5.41, 5.74) is 6.21. The van der Waals surface area contributed by atoms with E-state index in [0.717, 1.165) is 51.6 Å². The molecule has 2 heterocycles. The lowest BCUT2D eigenvalue weighted by atomic mass is 9.91. The Kier molecular flexibility index (Phi) is 7.89. The fourth-order valence-electron chi connectivity index (χ4n) is 3.55. The van der Waals surface area contributed by atoms with Crippen molar-refractivity contribution in [3.05, 3.63) is 0 Å². The molecule has 7 heteroatoms. The van der Waals surface area contributed by atoms with E-state index >= 15 is 0 Å². The van der Waals surface area contributed by atoms with Gasteiger partial charge in [-0.25, -0.2) is 0 Å². The fraction of sp³-hybridized carbons (Fsp3) is 0.933. The van der Waals surface area contributed by atoms with Gasteiger partial charge in [-0.2, -0.15) is 0 Å². The van der Waals surface area contributed by atoms with Crippen LogP contribution in [0.5, 0.6) is 0 Å². The number of hydrogen-bond donors (Lipinski definition) is 1. The minimum Gasteiger partial charge on any atom is -0.381 e. The van der Waals surface area contributed by atoms with Gasteiger partial charge in [0.05, 0.1) is 6.04 Å². The van der Waals surface area contributed by atoms with Gasteiger partial charge in [-0.1, -0.05) is 0 Å². The summed E-state index contributed by atoms with van der Waals surface area (Å²) in [6, 6.07) is 0.806. The van der Waals surface area contributed by atoms with Crippen LogP contribution >= 0.6 is 24.8 Å². The number of carbonyl (C=O) groups excluding carboxylic acids is 1. The number of hydrogen-bond acceptors (Lipinski definition) is 4. The molecular weight excluding hydrogens is 325 g/mol. The molecule has 3 fully saturated rings. The van der Waals surface area contributed by atoms with Gasteiger partial charge in [0.25, 0.3) is 0 Å². The van der Waals surface area contributed by atoms with Crippen LogP contribution < -0.4 is 5.73 Å². The van der Waals surface area contributed by atoms with E-state index in [1.807, 2.05) is 11.9 Å². The summed E-state index contributed by atoms with van der Waals surface area (Å²) in [4.78, 5) is 17.0. The van der Waals surface area contributed by atoms with Gasteiger partial charge in [-0.3, -0.25) is 9.69 Å². The second kappa shape index (κ2) is 8.69. The minimum absolute atomic E-state index is 0. The third kappa shape index (κ3) is 4.48. The van der Waals surface area contributed by atoms with Crippen molar-refractivity contribution in [1.29, 1.82) is 0 Å². The number of nitrogens with zero attached hydrogens (tertiary/aromatic N) is 2. The van der Waals surface area contributed by atoms with Crippen LogP contribution in [0.4, 0.5) is 0 Å². The summed E-state index contributed by atoms with van der Waals surface area (Å²) in [7, 11) is 1.93. The quantitative estimate of drug-likeness (QED) is 0.826. The number of ether oxygens (including phenoxy) is 1. The zero-order valence-corrected chi connectivity index (χ0v) is 14.9. The monoisotopic (exact) mass is 353 g/mol. The van der Waals surface area contributed by atoms with Gasteiger partial charge < -0.3 is 15.4 Å². The second-order valence-electron chi connectivity index (χ2n) is 6.59. The molecule has 0 aromatic rings. The number of carbonyl (C=O) groups is 1. The first-order chi connectivity index (χ1) is 9.66. The van der Waals surface area contributed by atoms with Crippen LogP contribution in [0.15, 0.2) is 0 Å². The van der Waals surface area contributed by atoms with Crippen LogP contribution in [-0.4, -0.2) is 67.2 Å². The molecule has 2 unspecified atom stereocenters. The van der Waals surface area contributed by atoms with Crippen molar-refractivity contribution in [1.82, 2.24) is 9.80 Å². The number of nitrogens with two attached hydrogens (primary N) is 1. The van der Waals surface area contributed by atoms with Crippen LogP contribution in [-0.2, 0) is 9.53 Å². The van der Waals surface area contributed by atoms with Crippen LogP contribution in [0.2, 0.25) is 0 Å². The van der Waals surface area contributed by atoms with Crippen LogP contribution in [0.1, 0.15) is 32.1 Å². The highest BCUT2D eigenvalue weighted by Crippen LogP contribution is 2.31. The Morgan fingerprint density at radius 2 is 1.82 bits per heavy atom. The normalized spacial score (nSPS) is 27.6. The standard InChI is InChI=1S/C15H27N3O2.2ClH/c1-17(13-4-7-18(10-13)12-2-3-12)15(19)14(16)11-5-8-20-9-6-11;;/h11-14H,2-10,16H2,1H3;2*1H. The molecule has 0 aromatic carbocycles. The molecule has 0 bridgehead atoms. The van der Waals surface area contributed by atoms with Crippen molar-refractivity contribution in [2.75, 3.05) is 33.4 Å². The Morgan fingerprint density at radius 3 is 2.41 bits per heavy atom. The Balaban J connectivity index is 0.00000121. The summed E-state index contributed by atoms with van der Waals surface area (Å²) in [5.74, 6) is 0.416. The van der Waals surface area contributed by atoms with Crippen molar-refractivity contribution < 1.29 is 9.53 Å². The van der Waals surface area contributed by atoms with E-state index in [2.05, 4.69) is 4.90 Å². The summed E-state index contributed by atoms with van der Waals surface area (Å²) in [6.45, 7) is 3.66. The molecule has 22 heavy (non-hydrogen) atoms. The highest BCUT2D eigenvalue weighted by molar-refractivity contribution is 5.85. The summed E-state index contributed by atoms with van der Waals surface area (Å²) >= 11 is 0. The second-order valence-corrected chi connectivity index (χ2v) is 6.59. The number of amides is 1. The minimum atomic E-state index is -0.348. The first kappa shape index (κ1) is 20.0. The van der Waals surface area contributed by atoms with E-state index in [9.17, 15) is 4.79 Å². The van der Waals surface area contributed by atoms with Crippen molar-refractivity contribution in [2.45, 2.75) is 50.2 Å². The molecule has 1 aliphatic carbocycles. The van der Waals surface area contributed by atoms with Gasteiger partial charge in [0.15, 0.2) is 0 Å². The van der Waals surface area contributed by atoms with Crippen molar-refractivity contribution in [3.63, 3.8) is 0 Å². The van der Waals surface area contributed by atoms with Gasteiger partial charge in [-0.05, 0) is 38.0 Å². The number of likely N-dealkylation sites (tertiary alicyclic amines) is 1. The number of halogens is 2. The van der Waals surface area contributed by atoms with Gasteiger partial charge in [0.2, 0.25) is 5.91 Å². The van der Waals surface area contributed by atoms with E-state index in [4.69, 9.17) is 10.5 Å². The predicted octanol–water partition coefficient (Wildman–Crippen LogP) is 1.28. The highest BCUT2D eigenvalue weighted by Gasteiger charge is 2.38. The first-order valence-electron chi connectivity index (χ1n) is 8.01. The largest absolute Gasteiger partial charge is 0.381 e. The average molecular weight is 354 g/mol. The molecule has 0 radical (unpaired) electrons. The van der Waals surface area contributed by atoms with Crippen LogP contribution in [0, 0.1) is 5.92 Å². The van der Waals surface area contributed by atoms with Crippen LogP contribution in [0.25, 0.3) is 0 Å². The van der Waals surface area contributed by atoms with E-state index in [0.29, 0.717) is 12.0 Å². The topological polar surface area (TPSA) is 58.8 Å². The Labute approximate surface area is 145 Å². The summed E-state index contributed by atoms with van der Waals surface area (Å²) < 4.78 is 5.35. The molecule has 0 spiro atoms. The van der Waals surface area contributed by atoms with Gasteiger partial charge in [0.1, 0.15) is 0 Å². The van der Waals surface area contributed by atoms with E-state index < -0.39 is 0 Å². The third-order valence-corrected chi connectivity index (χ3v) is 5.21. The highest BCUT2D eigenvalue weighted by atomic mass is 35.5. The molecule has 2 aliphatic heterocycles. The van der Waals surface area contributed by atoms with Crippen molar-refractivity contribution in [2.24, 2.45) is 11.7 Å².